The Labute approximate surface area is 133 Å². The van der Waals surface area contributed by atoms with Gasteiger partial charge >= 0.3 is 0 Å². The highest BCUT2D eigenvalue weighted by atomic mass is 79.9. The molecule has 0 atom stereocenters. The van der Waals surface area contributed by atoms with Crippen LogP contribution in [0.3, 0.4) is 0 Å². The summed E-state index contributed by atoms with van der Waals surface area (Å²) in [7, 11) is -3.42. The number of hydrogen-bond donors (Lipinski definition) is 0. The first-order valence-corrected chi connectivity index (χ1v) is 8.82. The Morgan fingerprint density at radius 1 is 1.30 bits per heavy atom. The van der Waals surface area contributed by atoms with Gasteiger partial charge in [0, 0.05) is 42.2 Å². The zero-order valence-electron chi connectivity index (χ0n) is 10.9. The van der Waals surface area contributed by atoms with Gasteiger partial charge < -0.3 is 0 Å². The molecule has 1 aliphatic heterocycles. The van der Waals surface area contributed by atoms with Gasteiger partial charge in [-0.1, -0.05) is 40.2 Å². The maximum atomic E-state index is 12.5. The predicted molar refractivity (Wildman–Crippen MR) is 84.3 cm³/mol. The van der Waals surface area contributed by atoms with Crippen molar-refractivity contribution in [2.45, 2.75) is 4.90 Å². The second kappa shape index (κ2) is 6.58. The Balaban J connectivity index is 2.08. The molecule has 0 unspecified atom stereocenters. The van der Waals surface area contributed by atoms with Crippen molar-refractivity contribution in [3.8, 4) is 0 Å². The van der Waals surface area contributed by atoms with Crippen LogP contribution in [0.15, 0.2) is 45.2 Å². The maximum Gasteiger partial charge on any atom is 0.243 e. The number of hydrogen-bond acceptors (Lipinski definition) is 3. The van der Waals surface area contributed by atoms with E-state index in [9.17, 15) is 8.42 Å². The van der Waals surface area contributed by atoms with E-state index in [4.69, 9.17) is 11.6 Å². The molecule has 0 radical (unpaired) electrons. The van der Waals surface area contributed by atoms with Gasteiger partial charge in [0.1, 0.15) is 0 Å². The Kier molecular flexibility index (Phi) is 5.25. The monoisotopic (exact) mass is 378 g/mol. The van der Waals surface area contributed by atoms with E-state index in [0.29, 0.717) is 42.7 Å². The van der Waals surface area contributed by atoms with E-state index in [2.05, 4.69) is 27.4 Å². The smallest absolute Gasteiger partial charge is 0.243 e. The third kappa shape index (κ3) is 3.83. The van der Waals surface area contributed by atoms with Crippen LogP contribution in [0.25, 0.3) is 0 Å². The highest BCUT2D eigenvalue weighted by Gasteiger charge is 2.28. The lowest BCUT2D eigenvalue weighted by molar-refractivity contribution is 0.203. The Morgan fingerprint density at radius 2 is 1.95 bits per heavy atom. The molecule has 1 aliphatic rings. The van der Waals surface area contributed by atoms with E-state index in [1.165, 1.54) is 4.31 Å². The molecule has 1 heterocycles. The van der Waals surface area contributed by atoms with Gasteiger partial charge in [-0.3, -0.25) is 4.90 Å². The summed E-state index contributed by atoms with van der Waals surface area (Å²) in [4.78, 5) is 2.42. The summed E-state index contributed by atoms with van der Waals surface area (Å²) in [5.74, 6) is 0. The van der Waals surface area contributed by atoms with Crippen LogP contribution in [0.4, 0.5) is 0 Å². The lowest BCUT2D eigenvalue weighted by atomic mass is 10.3. The van der Waals surface area contributed by atoms with Crippen molar-refractivity contribution in [3.63, 3.8) is 0 Å². The summed E-state index contributed by atoms with van der Waals surface area (Å²) in [5, 5.41) is 0.577. The summed E-state index contributed by atoms with van der Waals surface area (Å²) >= 11 is 9.08. The van der Waals surface area contributed by atoms with Gasteiger partial charge in [-0.05, 0) is 18.2 Å². The summed E-state index contributed by atoms with van der Waals surface area (Å²) < 4.78 is 27.3. The van der Waals surface area contributed by atoms with Crippen LogP contribution >= 0.6 is 27.5 Å². The third-order valence-corrected chi connectivity index (χ3v) is 5.67. The van der Waals surface area contributed by atoms with Gasteiger partial charge in [-0.25, -0.2) is 8.42 Å². The highest BCUT2D eigenvalue weighted by Crippen LogP contribution is 2.21. The normalized spacial score (nSPS) is 18.1. The van der Waals surface area contributed by atoms with Crippen molar-refractivity contribution in [2.24, 2.45) is 0 Å². The molecule has 7 heteroatoms. The van der Waals surface area contributed by atoms with Crippen LogP contribution in [0.2, 0.25) is 0 Å². The van der Waals surface area contributed by atoms with Gasteiger partial charge in [-0.15, -0.1) is 0 Å². The molecule has 0 aliphatic carbocycles. The van der Waals surface area contributed by atoms with Gasteiger partial charge in [0.2, 0.25) is 10.0 Å². The molecule has 110 valence electrons. The fraction of sp³-hybridized carbons (Fsp3) is 0.385. The van der Waals surface area contributed by atoms with Crippen LogP contribution < -0.4 is 0 Å². The lowest BCUT2D eigenvalue weighted by Crippen LogP contribution is -2.48. The number of nitrogens with zero attached hydrogens (tertiary/aromatic N) is 2. The van der Waals surface area contributed by atoms with Crippen LogP contribution in [0.1, 0.15) is 0 Å². The zero-order chi connectivity index (χ0) is 14.8. The predicted octanol–water partition coefficient (Wildman–Crippen LogP) is 2.51. The van der Waals surface area contributed by atoms with Crippen molar-refractivity contribution >= 4 is 37.6 Å². The molecule has 1 aromatic carbocycles. The molecule has 0 amide bonds. The van der Waals surface area contributed by atoms with Crippen LogP contribution in [-0.2, 0) is 10.0 Å². The summed E-state index contributed by atoms with van der Waals surface area (Å²) in [6.07, 6.45) is 0. The number of piperazine rings is 1. The SMILES string of the molecule is C=C(Cl)CN1CCN(S(=O)(=O)c2cccc(Br)c2)CC1. The van der Waals surface area contributed by atoms with Crippen molar-refractivity contribution < 1.29 is 8.42 Å². The fourth-order valence-electron chi connectivity index (χ4n) is 2.15. The minimum Gasteiger partial charge on any atom is -0.296 e. The van der Waals surface area contributed by atoms with E-state index in [1.54, 1.807) is 18.2 Å². The van der Waals surface area contributed by atoms with Gasteiger partial charge in [0.05, 0.1) is 4.90 Å². The number of sulfonamides is 1. The molecule has 1 saturated heterocycles. The van der Waals surface area contributed by atoms with Crippen LogP contribution in [0.5, 0.6) is 0 Å². The fourth-order valence-corrected chi connectivity index (χ4v) is 4.34. The Bertz CT molecular complexity index is 598. The van der Waals surface area contributed by atoms with Crippen molar-refractivity contribution in [1.82, 2.24) is 9.21 Å². The number of halogens is 2. The average molecular weight is 380 g/mol. The third-order valence-electron chi connectivity index (χ3n) is 3.16. The van der Waals surface area contributed by atoms with Crippen molar-refractivity contribution in [3.05, 3.63) is 40.3 Å². The molecule has 4 nitrogen and oxygen atoms in total. The second-order valence-electron chi connectivity index (χ2n) is 4.65. The molecule has 1 fully saturated rings. The highest BCUT2D eigenvalue weighted by molar-refractivity contribution is 9.10. The van der Waals surface area contributed by atoms with E-state index in [0.717, 1.165) is 4.47 Å². The Morgan fingerprint density at radius 3 is 2.50 bits per heavy atom. The minimum absolute atomic E-state index is 0.321. The van der Waals surface area contributed by atoms with Gasteiger partial charge in [0.15, 0.2) is 0 Å². The molecular formula is C13H16BrClN2O2S. The number of rotatable bonds is 4. The molecule has 2 rings (SSSR count). The minimum atomic E-state index is -3.42. The maximum absolute atomic E-state index is 12.5. The standard InChI is InChI=1S/C13H16BrClN2O2S/c1-11(15)10-16-5-7-17(8-6-16)20(18,19)13-4-2-3-12(14)9-13/h2-4,9H,1,5-8,10H2. The molecule has 0 N–H and O–H groups in total. The summed E-state index contributed by atoms with van der Waals surface area (Å²) in [6, 6.07) is 6.78. The molecule has 20 heavy (non-hydrogen) atoms. The average Bonchev–Trinajstić information content (AvgIpc) is 2.38. The van der Waals surface area contributed by atoms with E-state index < -0.39 is 10.0 Å². The first kappa shape index (κ1) is 16.0. The van der Waals surface area contributed by atoms with Crippen molar-refractivity contribution in [2.75, 3.05) is 32.7 Å². The van der Waals surface area contributed by atoms with E-state index in [-0.39, 0.29) is 0 Å². The van der Waals surface area contributed by atoms with Gasteiger partial charge in [-0.2, -0.15) is 4.31 Å². The van der Waals surface area contributed by atoms with Gasteiger partial charge in [0.25, 0.3) is 0 Å². The largest absolute Gasteiger partial charge is 0.296 e. The quantitative estimate of drug-likeness (QED) is 0.807. The molecule has 0 aromatic heterocycles. The molecule has 0 saturated carbocycles. The first-order chi connectivity index (χ1) is 9.39. The molecule has 0 spiro atoms. The van der Waals surface area contributed by atoms with E-state index in [1.807, 2.05) is 6.07 Å². The lowest BCUT2D eigenvalue weighted by Gasteiger charge is -2.33. The second-order valence-corrected chi connectivity index (χ2v) is 8.04. The molecule has 1 aromatic rings. The van der Waals surface area contributed by atoms with E-state index >= 15 is 0 Å². The molecular weight excluding hydrogens is 364 g/mol. The molecule has 0 bridgehead atoms. The summed E-state index contributed by atoms with van der Waals surface area (Å²) in [6.45, 7) is 6.54. The summed E-state index contributed by atoms with van der Waals surface area (Å²) in [5.41, 5.74) is 0. The van der Waals surface area contributed by atoms with Crippen LogP contribution in [0, 0.1) is 0 Å². The zero-order valence-corrected chi connectivity index (χ0v) is 14.1. The topological polar surface area (TPSA) is 40.6 Å². The number of benzene rings is 1. The first-order valence-electron chi connectivity index (χ1n) is 6.21. The Hall–Kier alpha value is -0.400. The van der Waals surface area contributed by atoms with Crippen molar-refractivity contribution in [1.29, 1.82) is 0 Å². The van der Waals surface area contributed by atoms with Crippen LogP contribution in [-0.4, -0.2) is 50.3 Å².